The number of aromatic nitrogens is 2. The molecule has 0 aromatic carbocycles. The van der Waals surface area contributed by atoms with Crippen molar-refractivity contribution < 1.29 is 4.79 Å². The molecule has 0 saturated heterocycles. The van der Waals surface area contributed by atoms with Gasteiger partial charge in [-0.15, -0.1) is 11.3 Å². The van der Waals surface area contributed by atoms with Gasteiger partial charge in [-0.25, -0.2) is 4.79 Å². The fourth-order valence-corrected chi connectivity index (χ4v) is 4.10. The van der Waals surface area contributed by atoms with Crippen LogP contribution in [0.4, 0.5) is 10.5 Å². The zero-order valence-corrected chi connectivity index (χ0v) is 14.1. The number of nitrogens with one attached hydrogen (secondary N) is 1. The van der Waals surface area contributed by atoms with Gasteiger partial charge in [0.1, 0.15) is 0 Å². The summed E-state index contributed by atoms with van der Waals surface area (Å²) >= 11 is 1.80. The molecule has 0 spiro atoms. The molecule has 5 nitrogen and oxygen atoms in total. The first kappa shape index (κ1) is 15.1. The summed E-state index contributed by atoms with van der Waals surface area (Å²) in [5.41, 5.74) is 3.06. The molecule has 2 aromatic heterocycles. The van der Waals surface area contributed by atoms with Gasteiger partial charge in [-0.1, -0.05) is 13.8 Å². The summed E-state index contributed by atoms with van der Waals surface area (Å²) in [6.07, 6.45) is 4.56. The zero-order chi connectivity index (χ0) is 15.7. The molecule has 2 amide bonds. The summed E-state index contributed by atoms with van der Waals surface area (Å²) < 4.78 is 1.75. The van der Waals surface area contributed by atoms with E-state index < -0.39 is 0 Å². The van der Waals surface area contributed by atoms with Crippen LogP contribution in [-0.2, 0) is 19.9 Å². The van der Waals surface area contributed by atoms with E-state index in [-0.39, 0.29) is 12.1 Å². The molecule has 1 N–H and O–H groups in total. The molecule has 6 heteroatoms. The van der Waals surface area contributed by atoms with Crippen molar-refractivity contribution in [3.05, 3.63) is 33.8 Å². The van der Waals surface area contributed by atoms with Crippen LogP contribution in [0.5, 0.6) is 0 Å². The summed E-state index contributed by atoms with van der Waals surface area (Å²) in [6, 6.07) is 2.32. The monoisotopic (exact) mass is 318 g/mol. The first-order chi connectivity index (χ1) is 10.6. The number of amides is 2. The molecule has 2 aromatic rings. The van der Waals surface area contributed by atoms with Crippen molar-refractivity contribution in [3.63, 3.8) is 0 Å². The quantitative estimate of drug-likeness (QED) is 0.940. The van der Waals surface area contributed by atoms with Crippen molar-refractivity contribution in [2.24, 2.45) is 7.05 Å². The highest BCUT2D eigenvalue weighted by molar-refractivity contribution is 7.10. The van der Waals surface area contributed by atoms with Gasteiger partial charge < -0.3 is 10.2 Å². The van der Waals surface area contributed by atoms with Crippen molar-refractivity contribution in [3.8, 4) is 0 Å². The summed E-state index contributed by atoms with van der Waals surface area (Å²) in [6.45, 7) is 4.96. The van der Waals surface area contributed by atoms with Gasteiger partial charge in [-0.3, -0.25) is 4.68 Å². The highest BCUT2D eigenvalue weighted by Gasteiger charge is 2.30. The van der Waals surface area contributed by atoms with E-state index in [4.69, 9.17) is 0 Å². The van der Waals surface area contributed by atoms with E-state index in [2.05, 4.69) is 28.8 Å². The van der Waals surface area contributed by atoms with Crippen molar-refractivity contribution >= 4 is 23.1 Å². The Morgan fingerprint density at radius 3 is 3.05 bits per heavy atom. The lowest BCUT2D eigenvalue weighted by atomic mass is 9.98. The highest BCUT2D eigenvalue weighted by Crippen LogP contribution is 2.35. The smallest absolute Gasteiger partial charge is 0.317 e. The summed E-state index contributed by atoms with van der Waals surface area (Å²) in [5, 5.41) is 9.56. The first-order valence-electron chi connectivity index (χ1n) is 7.80. The molecule has 0 aliphatic carbocycles. The molecular weight excluding hydrogens is 296 g/mol. The van der Waals surface area contributed by atoms with Crippen LogP contribution in [0, 0.1) is 0 Å². The van der Waals surface area contributed by atoms with Crippen molar-refractivity contribution in [1.29, 1.82) is 0 Å². The van der Waals surface area contributed by atoms with E-state index in [1.165, 1.54) is 10.4 Å². The van der Waals surface area contributed by atoms with Crippen molar-refractivity contribution in [1.82, 2.24) is 14.7 Å². The molecule has 1 atom stereocenters. The third-order valence-electron chi connectivity index (χ3n) is 4.22. The number of carbonyl (C=O) groups excluding carboxylic acids is 1. The van der Waals surface area contributed by atoms with E-state index in [9.17, 15) is 4.79 Å². The van der Waals surface area contributed by atoms with Crippen LogP contribution in [0.1, 0.15) is 42.4 Å². The number of urea groups is 1. The summed E-state index contributed by atoms with van der Waals surface area (Å²) in [5.74, 6) is 0. The molecule has 118 valence electrons. The topological polar surface area (TPSA) is 50.2 Å². The molecule has 0 saturated carbocycles. The van der Waals surface area contributed by atoms with E-state index in [1.807, 2.05) is 25.1 Å². The van der Waals surface area contributed by atoms with Gasteiger partial charge in [-0.05, 0) is 36.3 Å². The third kappa shape index (κ3) is 2.63. The number of carbonyl (C=O) groups is 1. The maximum Gasteiger partial charge on any atom is 0.322 e. The van der Waals surface area contributed by atoms with Crippen LogP contribution in [-0.4, -0.2) is 27.3 Å². The Bertz CT molecular complexity index is 675. The van der Waals surface area contributed by atoms with Gasteiger partial charge in [0.2, 0.25) is 0 Å². The SMILES string of the molecule is CCc1nn(C)cc1NC(=O)N1CCc2sccc2C1CC. The van der Waals surface area contributed by atoms with Crippen LogP contribution >= 0.6 is 11.3 Å². The minimum Gasteiger partial charge on any atom is -0.317 e. The van der Waals surface area contributed by atoms with E-state index in [0.717, 1.165) is 37.2 Å². The second kappa shape index (κ2) is 6.12. The molecule has 3 heterocycles. The zero-order valence-electron chi connectivity index (χ0n) is 13.3. The lowest BCUT2D eigenvalue weighted by Crippen LogP contribution is -2.41. The predicted octanol–water partition coefficient (Wildman–Crippen LogP) is 3.59. The third-order valence-corrected chi connectivity index (χ3v) is 5.22. The molecule has 1 aliphatic heterocycles. The summed E-state index contributed by atoms with van der Waals surface area (Å²) in [7, 11) is 1.88. The maximum absolute atomic E-state index is 12.7. The van der Waals surface area contributed by atoms with Gasteiger partial charge in [-0.2, -0.15) is 5.10 Å². The minimum absolute atomic E-state index is 0.0219. The number of nitrogens with zero attached hydrogens (tertiary/aromatic N) is 3. The maximum atomic E-state index is 12.7. The molecule has 22 heavy (non-hydrogen) atoms. The fraction of sp³-hybridized carbons (Fsp3) is 0.500. The fourth-order valence-electron chi connectivity index (χ4n) is 3.17. The number of fused-ring (bicyclic) bond motifs is 1. The Hall–Kier alpha value is -1.82. The second-order valence-corrected chi connectivity index (χ2v) is 6.61. The lowest BCUT2D eigenvalue weighted by Gasteiger charge is -2.35. The molecule has 0 bridgehead atoms. The normalized spacial score (nSPS) is 17.4. The van der Waals surface area contributed by atoms with E-state index in [0.29, 0.717) is 0 Å². The Morgan fingerprint density at radius 2 is 2.32 bits per heavy atom. The average molecular weight is 318 g/mol. The average Bonchev–Trinajstić information content (AvgIpc) is 3.11. The summed E-state index contributed by atoms with van der Waals surface area (Å²) in [4.78, 5) is 16.1. The van der Waals surface area contributed by atoms with Crippen molar-refractivity contribution in [2.75, 3.05) is 11.9 Å². The lowest BCUT2D eigenvalue weighted by molar-refractivity contribution is 0.181. The molecule has 1 aliphatic rings. The molecule has 3 rings (SSSR count). The van der Waals surface area contributed by atoms with E-state index in [1.54, 1.807) is 16.0 Å². The predicted molar refractivity (Wildman–Crippen MR) is 89.4 cm³/mol. The van der Waals surface area contributed by atoms with Crippen LogP contribution in [0.2, 0.25) is 0 Å². The van der Waals surface area contributed by atoms with Gasteiger partial charge in [0.05, 0.1) is 17.4 Å². The molecular formula is C16H22N4OS. The largest absolute Gasteiger partial charge is 0.322 e. The van der Waals surface area contributed by atoms with Gasteiger partial charge >= 0.3 is 6.03 Å². The number of anilines is 1. The van der Waals surface area contributed by atoms with Crippen molar-refractivity contribution in [2.45, 2.75) is 39.2 Å². The van der Waals surface area contributed by atoms with Gasteiger partial charge in [0.25, 0.3) is 0 Å². The number of hydrogen-bond acceptors (Lipinski definition) is 3. The van der Waals surface area contributed by atoms with Crippen LogP contribution in [0.3, 0.4) is 0 Å². The molecule has 1 unspecified atom stereocenters. The number of thiophene rings is 1. The Labute approximate surface area is 134 Å². The first-order valence-corrected chi connectivity index (χ1v) is 8.68. The number of hydrogen-bond donors (Lipinski definition) is 1. The standard InChI is InChI=1S/C16H22N4OS/c1-4-12-13(10-19(3)18-12)17-16(21)20-8-6-15-11(7-9-22-15)14(20)5-2/h7,9-10,14H,4-6,8H2,1-3H3,(H,17,21). The highest BCUT2D eigenvalue weighted by atomic mass is 32.1. The van der Waals surface area contributed by atoms with E-state index >= 15 is 0 Å². The van der Waals surface area contributed by atoms with Gasteiger partial charge in [0.15, 0.2) is 0 Å². The van der Waals surface area contributed by atoms with Gasteiger partial charge in [0, 0.05) is 24.7 Å². The second-order valence-electron chi connectivity index (χ2n) is 5.61. The Balaban J connectivity index is 1.80. The van der Waals surface area contributed by atoms with Crippen LogP contribution < -0.4 is 5.32 Å². The molecule has 0 fully saturated rings. The van der Waals surface area contributed by atoms with Crippen LogP contribution in [0.25, 0.3) is 0 Å². The van der Waals surface area contributed by atoms with Crippen LogP contribution in [0.15, 0.2) is 17.6 Å². The minimum atomic E-state index is -0.0219. The Kier molecular flexibility index (Phi) is 4.20. The Morgan fingerprint density at radius 1 is 1.50 bits per heavy atom. The molecule has 0 radical (unpaired) electrons. The number of rotatable bonds is 3. The number of aryl methyl sites for hydroxylation is 2.